The summed E-state index contributed by atoms with van der Waals surface area (Å²) in [4.78, 5) is 11.2. The van der Waals surface area contributed by atoms with Gasteiger partial charge >= 0.3 is 5.97 Å². The van der Waals surface area contributed by atoms with Crippen molar-refractivity contribution in [3.63, 3.8) is 0 Å². The minimum Gasteiger partial charge on any atom is -0.477 e. The van der Waals surface area contributed by atoms with E-state index in [1.807, 2.05) is 6.07 Å². The first-order chi connectivity index (χ1) is 10.6. The maximum absolute atomic E-state index is 11.2. The predicted molar refractivity (Wildman–Crippen MR) is 92.9 cm³/mol. The third kappa shape index (κ3) is 6.87. The van der Waals surface area contributed by atoms with E-state index in [-0.39, 0.29) is 5.38 Å². The van der Waals surface area contributed by atoms with Crippen LogP contribution in [-0.4, -0.2) is 21.0 Å². The van der Waals surface area contributed by atoms with Crippen molar-refractivity contribution in [1.82, 2.24) is 4.57 Å². The quantitative estimate of drug-likeness (QED) is 0.412. The fraction of sp³-hybridized carbons (Fsp3) is 0.722. The van der Waals surface area contributed by atoms with Gasteiger partial charge in [0.1, 0.15) is 5.69 Å². The van der Waals surface area contributed by atoms with E-state index in [1.165, 1.54) is 44.9 Å². The highest BCUT2D eigenvalue weighted by molar-refractivity contribution is 6.20. The van der Waals surface area contributed by atoms with Crippen LogP contribution >= 0.6 is 11.6 Å². The van der Waals surface area contributed by atoms with Crippen LogP contribution in [0.2, 0.25) is 0 Å². The molecule has 1 aromatic rings. The van der Waals surface area contributed by atoms with Crippen molar-refractivity contribution < 1.29 is 9.90 Å². The van der Waals surface area contributed by atoms with Gasteiger partial charge in [-0.2, -0.15) is 0 Å². The van der Waals surface area contributed by atoms with Crippen LogP contribution in [0.1, 0.15) is 80.8 Å². The molecular formula is C18H30ClNO2. The molecule has 4 heteroatoms. The van der Waals surface area contributed by atoms with Gasteiger partial charge in [0.15, 0.2) is 0 Å². The maximum atomic E-state index is 11.2. The second kappa shape index (κ2) is 10.7. The Kier molecular flexibility index (Phi) is 9.30. The minimum atomic E-state index is -0.860. The van der Waals surface area contributed by atoms with Gasteiger partial charge in [0.25, 0.3) is 0 Å². The van der Waals surface area contributed by atoms with Crippen molar-refractivity contribution in [3.05, 3.63) is 23.5 Å². The van der Waals surface area contributed by atoms with Crippen LogP contribution in [0.5, 0.6) is 0 Å². The van der Waals surface area contributed by atoms with E-state index in [4.69, 9.17) is 11.6 Å². The van der Waals surface area contributed by atoms with E-state index >= 15 is 0 Å². The van der Waals surface area contributed by atoms with Gasteiger partial charge in [0.05, 0.1) is 0 Å². The SMILES string of the molecule is CCCCCCCCCC(Cl)CCc1ccn(C)c1C(=O)O. The van der Waals surface area contributed by atoms with Gasteiger partial charge < -0.3 is 9.67 Å². The number of aromatic carboxylic acids is 1. The van der Waals surface area contributed by atoms with E-state index < -0.39 is 5.97 Å². The minimum absolute atomic E-state index is 0.150. The Balaban J connectivity index is 2.18. The fourth-order valence-electron chi connectivity index (χ4n) is 2.85. The molecule has 0 saturated carbocycles. The topological polar surface area (TPSA) is 42.2 Å². The Labute approximate surface area is 139 Å². The molecule has 0 saturated heterocycles. The monoisotopic (exact) mass is 327 g/mol. The van der Waals surface area contributed by atoms with Crippen molar-refractivity contribution in [2.24, 2.45) is 7.05 Å². The normalized spacial score (nSPS) is 12.5. The summed E-state index contributed by atoms with van der Waals surface area (Å²) in [6.45, 7) is 2.24. The number of hydrogen-bond donors (Lipinski definition) is 1. The second-order valence-corrected chi connectivity index (χ2v) is 6.77. The van der Waals surface area contributed by atoms with Crippen LogP contribution in [0, 0.1) is 0 Å². The summed E-state index contributed by atoms with van der Waals surface area (Å²) in [6, 6.07) is 1.89. The first-order valence-corrected chi connectivity index (χ1v) is 9.01. The third-order valence-electron chi connectivity index (χ3n) is 4.21. The lowest BCUT2D eigenvalue weighted by Gasteiger charge is -2.09. The molecule has 1 unspecified atom stereocenters. The van der Waals surface area contributed by atoms with Crippen LogP contribution in [-0.2, 0) is 13.5 Å². The van der Waals surface area contributed by atoms with Crippen LogP contribution in [0.25, 0.3) is 0 Å². The molecule has 126 valence electrons. The number of carbonyl (C=O) groups is 1. The number of aromatic nitrogens is 1. The highest BCUT2D eigenvalue weighted by atomic mass is 35.5. The lowest BCUT2D eigenvalue weighted by molar-refractivity contribution is 0.0685. The summed E-state index contributed by atoms with van der Waals surface area (Å²) in [7, 11) is 1.77. The molecule has 0 aromatic carbocycles. The van der Waals surface area contributed by atoms with E-state index in [1.54, 1.807) is 17.8 Å². The molecule has 0 radical (unpaired) electrons. The van der Waals surface area contributed by atoms with E-state index in [2.05, 4.69) is 6.92 Å². The number of alkyl halides is 1. The molecule has 1 atom stereocenters. The van der Waals surface area contributed by atoms with Gasteiger partial charge in [0, 0.05) is 18.6 Å². The number of carboxylic acid groups (broad SMARTS) is 1. The first kappa shape index (κ1) is 19.1. The summed E-state index contributed by atoms with van der Waals surface area (Å²) in [5.41, 5.74) is 1.28. The molecule has 22 heavy (non-hydrogen) atoms. The highest BCUT2D eigenvalue weighted by Gasteiger charge is 2.15. The molecule has 1 rings (SSSR count). The number of rotatable bonds is 12. The van der Waals surface area contributed by atoms with Crippen molar-refractivity contribution in [2.45, 2.75) is 76.5 Å². The van der Waals surface area contributed by atoms with Crippen molar-refractivity contribution in [3.8, 4) is 0 Å². The van der Waals surface area contributed by atoms with Crippen LogP contribution < -0.4 is 0 Å². The van der Waals surface area contributed by atoms with Gasteiger partial charge in [-0.05, 0) is 30.9 Å². The Morgan fingerprint density at radius 3 is 2.45 bits per heavy atom. The predicted octanol–water partition coefficient (Wildman–Crippen LogP) is 5.40. The van der Waals surface area contributed by atoms with Gasteiger partial charge in [-0.25, -0.2) is 4.79 Å². The third-order valence-corrected chi connectivity index (χ3v) is 4.64. The molecular weight excluding hydrogens is 298 g/mol. The zero-order valence-electron chi connectivity index (χ0n) is 14.0. The zero-order chi connectivity index (χ0) is 16.4. The van der Waals surface area contributed by atoms with Crippen molar-refractivity contribution in [2.75, 3.05) is 0 Å². The molecule has 0 aliphatic carbocycles. The Morgan fingerprint density at radius 1 is 1.18 bits per heavy atom. The summed E-state index contributed by atoms with van der Waals surface area (Å²) in [6.07, 6.45) is 13.5. The summed E-state index contributed by atoms with van der Waals surface area (Å²) < 4.78 is 1.66. The Morgan fingerprint density at radius 2 is 1.82 bits per heavy atom. The molecule has 0 spiro atoms. The van der Waals surface area contributed by atoms with E-state index in [9.17, 15) is 9.90 Å². The van der Waals surface area contributed by atoms with Crippen LogP contribution in [0.15, 0.2) is 12.3 Å². The van der Waals surface area contributed by atoms with Gasteiger partial charge in [-0.15, -0.1) is 11.6 Å². The number of nitrogens with zero attached hydrogens (tertiary/aromatic N) is 1. The summed E-state index contributed by atoms with van der Waals surface area (Å²) in [5, 5.41) is 9.36. The average molecular weight is 328 g/mol. The fourth-order valence-corrected chi connectivity index (χ4v) is 3.11. The van der Waals surface area contributed by atoms with Gasteiger partial charge in [-0.3, -0.25) is 0 Å². The molecule has 0 aliphatic rings. The number of halogens is 1. The lowest BCUT2D eigenvalue weighted by atomic mass is 10.0. The van der Waals surface area contributed by atoms with E-state index in [0.29, 0.717) is 5.69 Å². The molecule has 3 nitrogen and oxygen atoms in total. The molecule has 0 amide bonds. The number of hydrogen-bond acceptors (Lipinski definition) is 1. The summed E-state index contributed by atoms with van der Waals surface area (Å²) in [5.74, 6) is -0.860. The maximum Gasteiger partial charge on any atom is 0.352 e. The molecule has 0 fully saturated rings. The van der Waals surface area contributed by atoms with Crippen molar-refractivity contribution in [1.29, 1.82) is 0 Å². The highest BCUT2D eigenvalue weighted by Crippen LogP contribution is 2.19. The zero-order valence-corrected chi connectivity index (χ0v) is 14.7. The second-order valence-electron chi connectivity index (χ2n) is 6.15. The number of carboxylic acids is 1. The standard InChI is InChI=1S/C18H30ClNO2/c1-3-4-5-6-7-8-9-10-16(19)12-11-15-13-14-20(2)17(15)18(21)22/h13-14,16H,3-12H2,1-2H3,(H,21,22). The first-order valence-electron chi connectivity index (χ1n) is 8.57. The number of aryl methyl sites for hydroxylation is 2. The lowest BCUT2D eigenvalue weighted by Crippen LogP contribution is -2.08. The largest absolute Gasteiger partial charge is 0.477 e. The number of unbranched alkanes of at least 4 members (excludes halogenated alkanes) is 6. The Hall–Kier alpha value is -0.960. The smallest absolute Gasteiger partial charge is 0.352 e. The van der Waals surface area contributed by atoms with Gasteiger partial charge in [0.2, 0.25) is 0 Å². The Bertz CT molecular complexity index is 442. The average Bonchev–Trinajstić information content (AvgIpc) is 2.85. The van der Waals surface area contributed by atoms with Gasteiger partial charge in [-0.1, -0.05) is 51.9 Å². The molecule has 1 aromatic heterocycles. The van der Waals surface area contributed by atoms with Crippen LogP contribution in [0.3, 0.4) is 0 Å². The molecule has 0 aliphatic heterocycles. The molecule has 1 heterocycles. The van der Waals surface area contributed by atoms with E-state index in [0.717, 1.165) is 24.8 Å². The van der Waals surface area contributed by atoms with Crippen LogP contribution in [0.4, 0.5) is 0 Å². The van der Waals surface area contributed by atoms with Crippen molar-refractivity contribution >= 4 is 17.6 Å². The molecule has 1 N–H and O–H groups in total. The molecule has 0 bridgehead atoms. The summed E-state index contributed by atoms with van der Waals surface area (Å²) >= 11 is 6.38.